The summed E-state index contributed by atoms with van der Waals surface area (Å²) in [6.07, 6.45) is 0. The lowest BCUT2D eigenvalue weighted by molar-refractivity contribution is -0.141. The highest BCUT2D eigenvalue weighted by atomic mass is 79.9. The van der Waals surface area contributed by atoms with Crippen molar-refractivity contribution < 1.29 is 14.7 Å². The average Bonchev–Trinajstić information content (AvgIpc) is 2.83. The fourth-order valence-electron chi connectivity index (χ4n) is 2.01. The Morgan fingerprint density at radius 1 is 1.57 bits per heavy atom. The van der Waals surface area contributed by atoms with E-state index in [2.05, 4.69) is 21.2 Å². The van der Waals surface area contributed by atoms with Gasteiger partial charge in [0.25, 0.3) is 0 Å². The van der Waals surface area contributed by atoms with Crippen LogP contribution in [0.1, 0.15) is 12.5 Å². The first-order valence-electron chi connectivity index (χ1n) is 6.07. The van der Waals surface area contributed by atoms with Gasteiger partial charge >= 0.3 is 12.0 Å². The molecule has 0 saturated carbocycles. The molecule has 1 fully saturated rings. The van der Waals surface area contributed by atoms with E-state index in [0.717, 1.165) is 0 Å². The van der Waals surface area contributed by atoms with E-state index in [1.54, 1.807) is 25.1 Å². The maximum absolute atomic E-state index is 12.3. The molecule has 6 nitrogen and oxygen atoms in total. The predicted molar refractivity (Wildman–Crippen MR) is 83.1 cm³/mol. The van der Waals surface area contributed by atoms with Gasteiger partial charge in [-0.3, -0.25) is 4.90 Å². The molecule has 2 N–H and O–H groups in total. The standard InChI is InChI=1S/C13H12BrN3O3S/c1-7-17(11(6-21-7)12(18)19)13(20)16-10-3-2-8(5-15)4-9(10)14/h2-4,7,11H,6H2,1H3,(H,16,20)(H,18,19). The Kier molecular flexibility index (Phi) is 4.75. The summed E-state index contributed by atoms with van der Waals surface area (Å²) in [5, 5.41) is 20.4. The normalized spacial score (nSPS) is 20.9. The van der Waals surface area contributed by atoms with Gasteiger partial charge in [0.2, 0.25) is 0 Å². The van der Waals surface area contributed by atoms with Crippen molar-refractivity contribution in [1.82, 2.24) is 4.90 Å². The van der Waals surface area contributed by atoms with E-state index in [1.807, 2.05) is 6.07 Å². The molecule has 2 rings (SSSR count). The van der Waals surface area contributed by atoms with Crippen LogP contribution < -0.4 is 5.32 Å². The highest BCUT2D eigenvalue weighted by Gasteiger charge is 2.39. The summed E-state index contributed by atoms with van der Waals surface area (Å²) in [4.78, 5) is 24.8. The summed E-state index contributed by atoms with van der Waals surface area (Å²) in [7, 11) is 0. The number of carboxylic acid groups (broad SMARTS) is 1. The fourth-order valence-corrected chi connectivity index (χ4v) is 3.65. The van der Waals surface area contributed by atoms with Crippen molar-refractivity contribution in [3.05, 3.63) is 28.2 Å². The van der Waals surface area contributed by atoms with E-state index in [1.165, 1.54) is 16.7 Å². The molecule has 0 aliphatic carbocycles. The molecule has 1 aromatic rings. The largest absolute Gasteiger partial charge is 0.480 e. The SMILES string of the molecule is CC1SCC(C(=O)O)N1C(=O)Nc1ccc(C#N)cc1Br. The zero-order chi connectivity index (χ0) is 15.6. The molecule has 1 aliphatic rings. The zero-order valence-electron chi connectivity index (χ0n) is 11.0. The second-order valence-corrected chi connectivity index (χ2v) is 6.63. The number of carbonyl (C=O) groups is 2. The number of anilines is 1. The van der Waals surface area contributed by atoms with E-state index in [4.69, 9.17) is 10.4 Å². The van der Waals surface area contributed by atoms with Gasteiger partial charge in [0.05, 0.1) is 22.7 Å². The van der Waals surface area contributed by atoms with Crippen LogP contribution in [0.2, 0.25) is 0 Å². The lowest BCUT2D eigenvalue weighted by atomic mass is 10.2. The Bertz CT molecular complexity index is 632. The van der Waals surface area contributed by atoms with Crippen LogP contribution in [0.25, 0.3) is 0 Å². The number of nitrogens with one attached hydrogen (secondary N) is 1. The van der Waals surface area contributed by atoms with Crippen LogP contribution in [0.4, 0.5) is 10.5 Å². The molecule has 8 heteroatoms. The van der Waals surface area contributed by atoms with E-state index < -0.39 is 18.0 Å². The van der Waals surface area contributed by atoms with Crippen LogP contribution in [-0.4, -0.2) is 39.2 Å². The van der Waals surface area contributed by atoms with Gasteiger partial charge in [-0.05, 0) is 41.1 Å². The molecule has 2 unspecified atom stereocenters. The molecule has 1 heterocycles. The summed E-state index contributed by atoms with van der Waals surface area (Å²) in [6.45, 7) is 1.79. The minimum absolute atomic E-state index is 0.205. The van der Waals surface area contributed by atoms with Gasteiger partial charge in [0.1, 0.15) is 6.04 Å². The number of aliphatic carboxylic acids is 1. The first-order valence-corrected chi connectivity index (χ1v) is 7.91. The molecule has 0 aromatic heterocycles. The number of rotatable bonds is 2. The molecule has 1 aliphatic heterocycles. The van der Waals surface area contributed by atoms with Crippen molar-refractivity contribution in [1.29, 1.82) is 5.26 Å². The Hall–Kier alpha value is -1.72. The number of hydrogen-bond donors (Lipinski definition) is 2. The summed E-state index contributed by atoms with van der Waals surface area (Å²) < 4.78 is 0.571. The monoisotopic (exact) mass is 369 g/mol. The van der Waals surface area contributed by atoms with E-state index in [0.29, 0.717) is 21.5 Å². The van der Waals surface area contributed by atoms with Crippen LogP contribution in [0.5, 0.6) is 0 Å². The minimum atomic E-state index is -1.01. The van der Waals surface area contributed by atoms with Crippen LogP contribution in [-0.2, 0) is 4.79 Å². The van der Waals surface area contributed by atoms with Gasteiger partial charge in [-0.1, -0.05) is 0 Å². The number of benzene rings is 1. The second-order valence-electron chi connectivity index (χ2n) is 4.43. The number of nitriles is 1. The maximum Gasteiger partial charge on any atom is 0.327 e. The number of carboxylic acids is 1. The Morgan fingerprint density at radius 3 is 2.86 bits per heavy atom. The molecule has 2 amide bonds. The van der Waals surface area contributed by atoms with Gasteiger partial charge in [-0.15, -0.1) is 11.8 Å². The third-order valence-electron chi connectivity index (χ3n) is 3.08. The molecule has 0 radical (unpaired) electrons. The predicted octanol–water partition coefficient (Wildman–Crippen LogP) is 2.70. The van der Waals surface area contributed by atoms with Crippen LogP contribution in [0.15, 0.2) is 22.7 Å². The lowest BCUT2D eigenvalue weighted by Gasteiger charge is -2.25. The highest BCUT2D eigenvalue weighted by Crippen LogP contribution is 2.30. The summed E-state index contributed by atoms with van der Waals surface area (Å²) in [5.41, 5.74) is 0.959. The van der Waals surface area contributed by atoms with Crippen molar-refractivity contribution in [2.45, 2.75) is 18.3 Å². The molecule has 0 spiro atoms. The molecular weight excluding hydrogens is 358 g/mol. The molecule has 1 aromatic carbocycles. The molecule has 0 bridgehead atoms. The number of thioether (sulfide) groups is 1. The van der Waals surface area contributed by atoms with Crippen LogP contribution >= 0.6 is 27.7 Å². The summed E-state index contributed by atoms with van der Waals surface area (Å²) >= 11 is 4.70. The van der Waals surface area contributed by atoms with Gasteiger partial charge in [0.15, 0.2) is 0 Å². The number of nitrogens with zero attached hydrogens (tertiary/aromatic N) is 2. The van der Waals surface area contributed by atoms with Crippen LogP contribution in [0.3, 0.4) is 0 Å². The number of halogens is 1. The Morgan fingerprint density at radius 2 is 2.29 bits per heavy atom. The lowest BCUT2D eigenvalue weighted by Crippen LogP contribution is -2.46. The number of hydrogen-bond acceptors (Lipinski definition) is 4. The first-order chi connectivity index (χ1) is 9.93. The second kappa shape index (κ2) is 6.37. The fraction of sp³-hybridized carbons (Fsp3) is 0.308. The summed E-state index contributed by atoms with van der Waals surface area (Å²) in [6, 6.07) is 5.47. The number of carbonyl (C=O) groups excluding carboxylic acids is 1. The topological polar surface area (TPSA) is 93.4 Å². The minimum Gasteiger partial charge on any atom is -0.480 e. The molecule has 110 valence electrons. The smallest absolute Gasteiger partial charge is 0.327 e. The van der Waals surface area contributed by atoms with Gasteiger partial charge in [-0.25, -0.2) is 9.59 Å². The Balaban J connectivity index is 2.17. The zero-order valence-corrected chi connectivity index (χ0v) is 13.4. The van der Waals surface area contributed by atoms with Crippen molar-refractivity contribution in [3.63, 3.8) is 0 Å². The van der Waals surface area contributed by atoms with Gasteiger partial charge in [-0.2, -0.15) is 5.26 Å². The maximum atomic E-state index is 12.3. The Labute approximate surface area is 134 Å². The van der Waals surface area contributed by atoms with E-state index in [9.17, 15) is 9.59 Å². The first kappa shape index (κ1) is 15.7. The number of urea groups is 1. The molecule has 1 saturated heterocycles. The van der Waals surface area contributed by atoms with E-state index >= 15 is 0 Å². The molecular formula is C13H12BrN3O3S. The summed E-state index contributed by atoms with van der Waals surface area (Å²) in [5.74, 6) is -0.640. The van der Waals surface area contributed by atoms with Gasteiger partial charge < -0.3 is 10.4 Å². The van der Waals surface area contributed by atoms with Crippen molar-refractivity contribution in [3.8, 4) is 6.07 Å². The molecule has 21 heavy (non-hydrogen) atoms. The third kappa shape index (κ3) is 3.31. The van der Waals surface area contributed by atoms with Crippen molar-refractivity contribution in [2.24, 2.45) is 0 Å². The van der Waals surface area contributed by atoms with Crippen molar-refractivity contribution in [2.75, 3.05) is 11.1 Å². The quantitative estimate of drug-likeness (QED) is 0.835. The van der Waals surface area contributed by atoms with Crippen LogP contribution in [0, 0.1) is 11.3 Å². The van der Waals surface area contributed by atoms with E-state index in [-0.39, 0.29) is 5.37 Å². The third-order valence-corrected chi connectivity index (χ3v) is 4.96. The van der Waals surface area contributed by atoms with Gasteiger partial charge in [0, 0.05) is 10.2 Å². The molecule has 2 atom stereocenters. The number of amides is 2. The highest BCUT2D eigenvalue weighted by molar-refractivity contribution is 9.10. The average molecular weight is 370 g/mol. The van der Waals surface area contributed by atoms with Crippen molar-refractivity contribution >= 4 is 45.4 Å².